The van der Waals surface area contributed by atoms with Crippen LogP contribution in [0.25, 0.3) is 0 Å². The SMILES string of the molecule is CC(NCCS(=O)(=O)N(C)C)c1ccccc1. The van der Waals surface area contributed by atoms with Gasteiger partial charge < -0.3 is 5.32 Å². The van der Waals surface area contributed by atoms with Crippen LogP contribution in [0.15, 0.2) is 30.3 Å². The van der Waals surface area contributed by atoms with Gasteiger partial charge >= 0.3 is 0 Å². The lowest BCUT2D eigenvalue weighted by molar-refractivity contribution is 0.512. The summed E-state index contributed by atoms with van der Waals surface area (Å²) < 4.78 is 24.3. The molecule has 0 saturated heterocycles. The van der Waals surface area contributed by atoms with Crippen LogP contribution < -0.4 is 5.32 Å². The molecular formula is C12H20N2O2S. The Morgan fingerprint density at radius 2 is 1.82 bits per heavy atom. The Morgan fingerprint density at radius 1 is 1.24 bits per heavy atom. The number of rotatable bonds is 6. The van der Waals surface area contributed by atoms with Crippen LogP contribution in [-0.4, -0.2) is 39.1 Å². The molecule has 0 aliphatic rings. The van der Waals surface area contributed by atoms with Gasteiger partial charge in [0, 0.05) is 26.7 Å². The van der Waals surface area contributed by atoms with Crippen molar-refractivity contribution in [3.8, 4) is 0 Å². The smallest absolute Gasteiger partial charge is 0.214 e. The molecule has 0 fully saturated rings. The average molecular weight is 256 g/mol. The van der Waals surface area contributed by atoms with Crippen molar-refractivity contribution in [2.24, 2.45) is 0 Å². The Labute approximate surface area is 104 Å². The molecule has 0 radical (unpaired) electrons. The quantitative estimate of drug-likeness (QED) is 0.833. The summed E-state index contributed by atoms with van der Waals surface area (Å²) in [5.41, 5.74) is 1.16. The van der Waals surface area contributed by atoms with E-state index in [9.17, 15) is 8.42 Å². The van der Waals surface area contributed by atoms with Gasteiger partial charge in [0.05, 0.1) is 5.75 Å². The van der Waals surface area contributed by atoms with E-state index in [4.69, 9.17) is 0 Å². The summed E-state index contributed by atoms with van der Waals surface area (Å²) in [6.07, 6.45) is 0. The first kappa shape index (κ1) is 14.2. The van der Waals surface area contributed by atoms with Gasteiger partial charge in [0.25, 0.3) is 0 Å². The molecule has 1 aromatic carbocycles. The summed E-state index contributed by atoms with van der Waals surface area (Å²) >= 11 is 0. The maximum Gasteiger partial charge on any atom is 0.214 e. The maximum atomic E-state index is 11.5. The predicted octanol–water partition coefficient (Wildman–Crippen LogP) is 1.23. The Balaban J connectivity index is 2.43. The van der Waals surface area contributed by atoms with E-state index in [2.05, 4.69) is 5.32 Å². The van der Waals surface area contributed by atoms with Crippen LogP contribution in [0.2, 0.25) is 0 Å². The molecule has 1 aromatic rings. The third-order valence-corrected chi connectivity index (χ3v) is 4.50. The van der Waals surface area contributed by atoms with Crippen LogP contribution in [0.1, 0.15) is 18.5 Å². The molecule has 0 amide bonds. The normalized spacial score (nSPS) is 13.9. The van der Waals surface area contributed by atoms with E-state index in [0.717, 1.165) is 5.56 Å². The molecule has 5 heteroatoms. The maximum absolute atomic E-state index is 11.5. The zero-order valence-corrected chi connectivity index (χ0v) is 11.4. The zero-order chi connectivity index (χ0) is 12.9. The third-order valence-electron chi connectivity index (χ3n) is 2.67. The minimum absolute atomic E-state index is 0.122. The molecule has 0 heterocycles. The van der Waals surface area contributed by atoms with Crippen molar-refractivity contribution in [2.45, 2.75) is 13.0 Å². The number of sulfonamides is 1. The molecule has 0 aliphatic heterocycles. The van der Waals surface area contributed by atoms with Gasteiger partial charge in [-0.25, -0.2) is 12.7 Å². The first-order valence-electron chi connectivity index (χ1n) is 5.62. The van der Waals surface area contributed by atoms with Crippen LogP contribution in [-0.2, 0) is 10.0 Å². The second-order valence-corrected chi connectivity index (χ2v) is 6.49. The second kappa shape index (κ2) is 6.14. The van der Waals surface area contributed by atoms with Gasteiger partial charge in [0.15, 0.2) is 0 Å². The van der Waals surface area contributed by atoms with Crippen molar-refractivity contribution in [3.05, 3.63) is 35.9 Å². The molecule has 0 spiro atoms. The lowest BCUT2D eigenvalue weighted by atomic mass is 10.1. The first-order chi connectivity index (χ1) is 7.93. The number of nitrogens with zero attached hydrogens (tertiary/aromatic N) is 1. The fraction of sp³-hybridized carbons (Fsp3) is 0.500. The van der Waals surface area contributed by atoms with Crippen molar-refractivity contribution in [3.63, 3.8) is 0 Å². The molecule has 1 unspecified atom stereocenters. The van der Waals surface area contributed by atoms with E-state index < -0.39 is 10.0 Å². The highest BCUT2D eigenvalue weighted by Gasteiger charge is 2.13. The topological polar surface area (TPSA) is 49.4 Å². The lowest BCUT2D eigenvalue weighted by Crippen LogP contribution is -2.32. The summed E-state index contributed by atoms with van der Waals surface area (Å²) in [7, 11) is -0.00213. The van der Waals surface area contributed by atoms with Gasteiger partial charge in [-0.1, -0.05) is 30.3 Å². The van der Waals surface area contributed by atoms with Crippen LogP contribution in [0, 0.1) is 0 Å². The van der Waals surface area contributed by atoms with Gasteiger partial charge in [0.2, 0.25) is 10.0 Å². The summed E-state index contributed by atoms with van der Waals surface area (Å²) in [4.78, 5) is 0. The third kappa shape index (κ3) is 4.46. The monoisotopic (exact) mass is 256 g/mol. The predicted molar refractivity (Wildman–Crippen MR) is 70.3 cm³/mol. The van der Waals surface area contributed by atoms with Gasteiger partial charge in [-0.05, 0) is 12.5 Å². The molecule has 17 heavy (non-hydrogen) atoms. The largest absolute Gasteiger partial charge is 0.309 e. The van der Waals surface area contributed by atoms with Gasteiger partial charge in [0.1, 0.15) is 0 Å². The standard InChI is InChI=1S/C12H20N2O2S/c1-11(12-7-5-4-6-8-12)13-9-10-17(15,16)14(2)3/h4-8,11,13H,9-10H2,1-3H3. The minimum Gasteiger partial charge on any atom is -0.309 e. The average Bonchev–Trinajstić information content (AvgIpc) is 2.29. The molecule has 96 valence electrons. The first-order valence-corrected chi connectivity index (χ1v) is 7.23. The van der Waals surface area contributed by atoms with Crippen LogP contribution in [0.5, 0.6) is 0 Å². The number of hydrogen-bond donors (Lipinski definition) is 1. The fourth-order valence-electron chi connectivity index (χ4n) is 1.45. The summed E-state index contributed by atoms with van der Waals surface area (Å²) in [6, 6.07) is 10.1. The van der Waals surface area contributed by atoms with Crippen molar-refractivity contribution in [1.29, 1.82) is 0 Å². The van der Waals surface area contributed by atoms with Crippen LogP contribution >= 0.6 is 0 Å². The van der Waals surface area contributed by atoms with Crippen LogP contribution in [0.4, 0.5) is 0 Å². The summed E-state index contributed by atoms with van der Waals surface area (Å²) in [5.74, 6) is 0.122. The van der Waals surface area contributed by atoms with Crippen molar-refractivity contribution in [1.82, 2.24) is 9.62 Å². The molecule has 1 atom stereocenters. The number of benzene rings is 1. The highest BCUT2D eigenvalue weighted by molar-refractivity contribution is 7.89. The lowest BCUT2D eigenvalue weighted by Gasteiger charge is -2.16. The molecule has 0 bridgehead atoms. The molecule has 0 saturated carbocycles. The number of nitrogens with one attached hydrogen (secondary N) is 1. The van der Waals surface area contributed by atoms with E-state index >= 15 is 0 Å². The minimum atomic E-state index is -3.11. The molecule has 0 aliphatic carbocycles. The number of hydrogen-bond acceptors (Lipinski definition) is 3. The van der Waals surface area contributed by atoms with Crippen molar-refractivity contribution >= 4 is 10.0 Å². The molecule has 4 nitrogen and oxygen atoms in total. The van der Waals surface area contributed by atoms with E-state index in [1.807, 2.05) is 37.3 Å². The Bertz CT molecular complexity index is 429. The van der Waals surface area contributed by atoms with E-state index in [0.29, 0.717) is 6.54 Å². The van der Waals surface area contributed by atoms with E-state index in [1.54, 1.807) is 14.1 Å². The molecule has 0 aromatic heterocycles. The fourth-order valence-corrected chi connectivity index (χ4v) is 2.19. The van der Waals surface area contributed by atoms with E-state index in [1.165, 1.54) is 4.31 Å². The van der Waals surface area contributed by atoms with Gasteiger partial charge in [-0.2, -0.15) is 0 Å². The van der Waals surface area contributed by atoms with Gasteiger partial charge in [-0.15, -0.1) is 0 Å². The molecule has 1 rings (SSSR count). The highest BCUT2D eigenvalue weighted by Crippen LogP contribution is 2.10. The Morgan fingerprint density at radius 3 is 2.35 bits per heavy atom. The van der Waals surface area contributed by atoms with Crippen molar-refractivity contribution in [2.75, 3.05) is 26.4 Å². The second-order valence-electron chi connectivity index (χ2n) is 4.18. The Kier molecular flexibility index (Phi) is 5.11. The summed E-state index contributed by atoms with van der Waals surface area (Å²) in [5, 5.41) is 3.20. The molecule has 1 N–H and O–H groups in total. The molecular weight excluding hydrogens is 236 g/mol. The van der Waals surface area contributed by atoms with Gasteiger partial charge in [-0.3, -0.25) is 0 Å². The van der Waals surface area contributed by atoms with E-state index in [-0.39, 0.29) is 11.8 Å². The zero-order valence-electron chi connectivity index (χ0n) is 10.6. The Hall–Kier alpha value is -0.910. The summed E-state index contributed by atoms with van der Waals surface area (Å²) in [6.45, 7) is 2.48. The highest BCUT2D eigenvalue weighted by atomic mass is 32.2. The van der Waals surface area contributed by atoms with Crippen molar-refractivity contribution < 1.29 is 8.42 Å². The van der Waals surface area contributed by atoms with Crippen LogP contribution in [0.3, 0.4) is 0 Å².